The van der Waals surface area contributed by atoms with Gasteiger partial charge in [0.1, 0.15) is 5.82 Å². The number of aryl methyl sites for hydroxylation is 1. The summed E-state index contributed by atoms with van der Waals surface area (Å²) in [6.07, 6.45) is 3.30. The Bertz CT molecular complexity index is 743. The lowest BCUT2D eigenvalue weighted by atomic mass is 10.1. The summed E-state index contributed by atoms with van der Waals surface area (Å²) in [6.45, 7) is 1.88. The van der Waals surface area contributed by atoms with Crippen molar-refractivity contribution in [3.8, 4) is 0 Å². The fraction of sp³-hybridized carbons (Fsp3) is 0.0714. The molecule has 0 atom stereocenters. The van der Waals surface area contributed by atoms with Gasteiger partial charge in [-0.15, -0.1) is 0 Å². The van der Waals surface area contributed by atoms with Crippen LogP contribution in [0.4, 0.5) is 5.82 Å². The van der Waals surface area contributed by atoms with Gasteiger partial charge >= 0.3 is 0 Å². The summed E-state index contributed by atoms with van der Waals surface area (Å²) in [5.41, 5.74) is 2.29. The number of H-pyrrole nitrogens is 1. The first kappa shape index (κ1) is 11.4. The standard InChI is InChI=1S/C14H12N4O/c1-9-8-16-18-13(9)17-14(19)11-6-7-15-12-5-3-2-4-10(11)12/h2-8H,1H3,(H2,16,17,18,19). The lowest BCUT2D eigenvalue weighted by Gasteiger charge is -2.06. The molecule has 1 aromatic carbocycles. The molecule has 5 nitrogen and oxygen atoms in total. The molecule has 0 aliphatic rings. The molecule has 0 saturated heterocycles. The molecule has 3 aromatic rings. The van der Waals surface area contributed by atoms with Crippen molar-refractivity contribution in [3.05, 3.63) is 53.9 Å². The molecule has 1 amide bonds. The highest BCUT2D eigenvalue weighted by molar-refractivity contribution is 6.12. The molecular formula is C14H12N4O. The van der Waals surface area contributed by atoms with Gasteiger partial charge in [0, 0.05) is 17.1 Å². The molecule has 0 aliphatic carbocycles. The Balaban J connectivity index is 2.00. The van der Waals surface area contributed by atoms with Gasteiger partial charge in [0.15, 0.2) is 0 Å². The van der Waals surface area contributed by atoms with Crippen molar-refractivity contribution in [1.29, 1.82) is 0 Å². The van der Waals surface area contributed by atoms with Crippen molar-refractivity contribution in [2.75, 3.05) is 5.32 Å². The summed E-state index contributed by atoms with van der Waals surface area (Å²) >= 11 is 0. The van der Waals surface area contributed by atoms with Crippen LogP contribution in [-0.2, 0) is 0 Å². The number of rotatable bonds is 2. The zero-order valence-electron chi connectivity index (χ0n) is 10.3. The Morgan fingerprint density at radius 2 is 2.11 bits per heavy atom. The second kappa shape index (κ2) is 4.53. The number of fused-ring (bicyclic) bond motifs is 1. The fourth-order valence-corrected chi connectivity index (χ4v) is 1.95. The van der Waals surface area contributed by atoms with Gasteiger partial charge in [-0.3, -0.25) is 14.9 Å². The molecule has 19 heavy (non-hydrogen) atoms. The summed E-state index contributed by atoms with van der Waals surface area (Å²) in [6, 6.07) is 9.27. The molecule has 0 fully saturated rings. The Hall–Kier alpha value is -2.69. The second-order valence-corrected chi connectivity index (χ2v) is 4.26. The van der Waals surface area contributed by atoms with Crippen molar-refractivity contribution >= 4 is 22.6 Å². The van der Waals surface area contributed by atoms with E-state index in [1.807, 2.05) is 31.2 Å². The van der Waals surface area contributed by atoms with E-state index in [2.05, 4.69) is 20.5 Å². The van der Waals surface area contributed by atoms with Crippen LogP contribution in [0.15, 0.2) is 42.7 Å². The number of aromatic nitrogens is 3. The van der Waals surface area contributed by atoms with Gasteiger partial charge in [0.2, 0.25) is 0 Å². The number of amides is 1. The number of pyridine rings is 1. The van der Waals surface area contributed by atoms with E-state index in [0.29, 0.717) is 11.4 Å². The third-order valence-corrected chi connectivity index (χ3v) is 2.96. The van der Waals surface area contributed by atoms with Gasteiger partial charge in [-0.25, -0.2) is 0 Å². The topological polar surface area (TPSA) is 70.7 Å². The fourth-order valence-electron chi connectivity index (χ4n) is 1.95. The van der Waals surface area contributed by atoms with Gasteiger partial charge in [-0.2, -0.15) is 5.10 Å². The van der Waals surface area contributed by atoms with E-state index in [4.69, 9.17) is 0 Å². The number of para-hydroxylation sites is 1. The number of aromatic amines is 1. The number of hydrogen-bond acceptors (Lipinski definition) is 3. The number of nitrogens with zero attached hydrogens (tertiary/aromatic N) is 2. The zero-order valence-corrected chi connectivity index (χ0v) is 10.3. The van der Waals surface area contributed by atoms with Crippen LogP contribution in [0.5, 0.6) is 0 Å². The van der Waals surface area contributed by atoms with E-state index in [-0.39, 0.29) is 5.91 Å². The van der Waals surface area contributed by atoms with Gasteiger partial charge in [-0.05, 0) is 19.1 Å². The highest BCUT2D eigenvalue weighted by atomic mass is 16.1. The van der Waals surface area contributed by atoms with Gasteiger partial charge in [-0.1, -0.05) is 18.2 Å². The molecule has 2 aromatic heterocycles. The summed E-state index contributed by atoms with van der Waals surface area (Å²) in [5, 5.41) is 10.3. The Morgan fingerprint density at radius 1 is 1.26 bits per heavy atom. The molecule has 5 heteroatoms. The minimum atomic E-state index is -0.175. The molecule has 0 spiro atoms. The summed E-state index contributed by atoms with van der Waals surface area (Å²) < 4.78 is 0. The highest BCUT2D eigenvalue weighted by Crippen LogP contribution is 2.18. The molecule has 2 heterocycles. The third-order valence-electron chi connectivity index (χ3n) is 2.96. The number of anilines is 1. The zero-order chi connectivity index (χ0) is 13.2. The number of carbonyl (C=O) groups excluding carboxylic acids is 1. The van der Waals surface area contributed by atoms with Gasteiger partial charge in [0.25, 0.3) is 5.91 Å². The summed E-state index contributed by atoms with van der Waals surface area (Å²) in [5.74, 6) is 0.442. The average Bonchev–Trinajstić information content (AvgIpc) is 2.83. The van der Waals surface area contributed by atoms with E-state index in [0.717, 1.165) is 16.5 Å². The Kier molecular flexibility index (Phi) is 2.72. The van der Waals surface area contributed by atoms with Crippen molar-refractivity contribution in [1.82, 2.24) is 15.2 Å². The SMILES string of the molecule is Cc1cn[nH]c1NC(=O)c1ccnc2ccccc12. The molecule has 0 aliphatic heterocycles. The molecule has 0 unspecified atom stereocenters. The van der Waals surface area contributed by atoms with E-state index >= 15 is 0 Å². The number of carbonyl (C=O) groups is 1. The molecule has 94 valence electrons. The largest absolute Gasteiger partial charge is 0.307 e. The van der Waals surface area contributed by atoms with Crippen LogP contribution >= 0.6 is 0 Å². The molecular weight excluding hydrogens is 240 g/mol. The normalized spacial score (nSPS) is 10.6. The average molecular weight is 252 g/mol. The van der Waals surface area contributed by atoms with Crippen molar-refractivity contribution in [2.24, 2.45) is 0 Å². The van der Waals surface area contributed by atoms with Crippen LogP contribution in [0.25, 0.3) is 10.9 Å². The van der Waals surface area contributed by atoms with Crippen LogP contribution in [-0.4, -0.2) is 21.1 Å². The predicted molar refractivity (Wildman–Crippen MR) is 73.0 cm³/mol. The Morgan fingerprint density at radius 3 is 2.89 bits per heavy atom. The maximum absolute atomic E-state index is 12.3. The van der Waals surface area contributed by atoms with E-state index in [1.54, 1.807) is 18.5 Å². The van der Waals surface area contributed by atoms with E-state index in [1.165, 1.54) is 0 Å². The monoisotopic (exact) mass is 252 g/mol. The smallest absolute Gasteiger partial charge is 0.257 e. The summed E-state index contributed by atoms with van der Waals surface area (Å²) in [4.78, 5) is 16.5. The van der Waals surface area contributed by atoms with Crippen LogP contribution in [0.2, 0.25) is 0 Å². The predicted octanol–water partition coefficient (Wildman–Crippen LogP) is 2.52. The lowest BCUT2D eigenvalue weighted by molar-refractivity contribution is 0.102. The van der Waals surface area contributed by atoms with Gasteiger partial charge < -0.3 is 5.32 Å². The number of benzene rings is 1. The van der Waals surface area contributed by atoms with E-state index < -0.39 is 0 Å². The second-order valence-electron chi connectivity index (χ2n) is 4.26. The summed E-state index contributed by atoms with van der Waals surface area (Å²) in [7, 11) is 0. The first-order valence-electron chi connectivity index (χ1n) is 5.91. The first-order chi connectivity index (χ1) is 9.25. The van der Waals surface area contributed by atoms with Crippen LogP contribution < -0.4 is 5.32 Å². The highest BCUT2D eigenvalue weighted by Gasteiger charge is 2.12. The Labute approximate surface area is 109 Å². The first-order valence-corrected chi connectivity index (χ1v) is 5.91. The minimum Gasteiger partial charge on any atom is -0.307 e. The molecule has 0 saturated carbocycles. The van der Waals surface area contributed by atoms with Crippen LogP contribution in [0, 0.1) is 6.92 Å². The van der Waals surface area contributed by atoms with E-state index in [9.17, 15) is 4.79 Å². The van der Waals surface area contributed by atoms with Gasteiger partial charge in [0.05, 0.1) is 17.3 Å². The minimum absolute atomic E-state index is 0.175. The molecule has 3 rings (SSSR count). The maximum Gasteiger partial charge on any atom is 0.257 e. The lowest BCUT2D eigenvalue weighted by Crippen LogP contribution is -2.13. The van der Waals surface area contributed by atoms with Crippen molar-refractivity contribution in [3.63, 3.8) is 0 Å². The maximum atomic E-state index is 12.3. The number of hydrogen-bond donors (Lipinski definition) is 2. The van der Waals surface area contributed by atoms with Crippen molar-refractivity contribution < 1.29 is 4.79 Å². The quantitative estimate of drug-likeness (QED) is 0.736. The number of nitrogens with one attached hydrogen (secondary N) is 2. The third kappa shape index (κ3) is 2.06. The van der Waals surface area contributed by atoms with Crippen LogP contribution in [0.1, 0.15) is 15.9 Å². The molecule has 2 N–H and O–H groups in total. The van der Waals surface area contributed by atoms with Crippen molar-refractivity contribution in [2.45, 2.75) is 6.92 Å². The molecule has 0 bridgehead atoms. The van der Waals surface area contributed by atoms with Crippen LogP contribution in [0.3, 0.4) is 0 Å². The molecule has 0 radical (unpaired) electrons.